The van der Waals surface area contributed by atoms with Gasteiger partial charge in [0.05, 0.1) is 5.69 Å². The molecule has 0 unspecified atom stereocenters. The molecule has 1 N–H and O–H groups in total. The lowest BCUT2D eigenvalue weighted by Gasteiger charge is -2.14. The van der Waals surface area contributed by atoms with E-state index < -0.39 is 0 Å². The van der Waals surface area contributed by atoms with Crippen LogP contribution in [-0.4, -0.2) is 9.78 Å². The maximum atomic E-state index is 12.3. The van der Waals surface area contributed by atoms with Gasteiger partial charge in [0.2, 0.25) is 5.71 Å². The summed E-state index contributed by atoms with van der Waals surface area (Å²) in [7, 11) is 0. The van der Waals surface area contributed by atoms with E-state index in [0.717, 1.165) is 30.5 Å². The lowest BCUT2D eigenvalue weighted by atomic mass is 9.92. The SMILES string of the molecule is O=c1oc2c(c3c1CCCC3)c(=O)[nH]n2-c1ccccc1. The molecular formula is C16H14N2O3. The number of rotatable bonds is 1. The summed E-state index contributed by atoms with van der Waals surface area (Å²) in [6, 6.07) is 9.35. The first kappa shape index (κ1) is 12.2. The number of fused-ring (bicyclic) bond motifs is 3. The Labute approximate surface area is 119 Å². The zero-order chi connectivity index (χ0) is 14.4. The number of benzene rings is 1. The highest BCUT2D eigenvalue weighted by atomic mass is 16.4. The molecule has 3 aromatic rings. The highest BCUT2D eigenvalue weighted by Crippen LogP contribution is 2.25. The average Bonchev–Trinajstić information content (AvgIpc) is 2.85. The molecule has 0 fully saturated rings. The highest BCUT2D eigenvalue weighted by Gasteiger charge is 2.23. The van der Waals surface area contributed by atoms with Gasteiger partial charge in [-0.2, -0.15) is 0 Å². The van der Waals surface area contributed by atoms with E-state index in [1.54, 1.807) is 4.68 Å². The van der Waals surface area contributed by atoms with Crippen molar-refractivity contribution in [1.29, 1.82) is 0 Å². The molecule has 5 nitrogen and oxygen atoms in total. The number of hydrogen-bond acceptors (Lipinski definition) is 3. The minimum atomic E-state index is -0.319. The number of nitrogens with zero attached hydrogens (tertiary/aromatic N) is 1. The standard InChI is InChI=1S/C16H14N2O3/c19-14-13-11-8-4-5-9-12(11)16(20)21-15(13)18(17-14)10-6-2-1-3-7-10/h1-3,6-7H,4-5,8-9H2,(H,17,19). The summed E-state index contributed by atoms with van der Waals surface area (Å²) < 4.78 is 6.99. The van der Waals surface area contributed by atoms with E-state index in [1.807, 2.05) is 30.3 Å². The van der Waals surface area contributed by atoms with Crippen LogP contribution in [0.4, 0.5) is 0 Å². The number of hydrogen-bond donors (Lipinski definition) is 1. The topological polar surface area (TPSA) is 68.0 Å². The van der Waals surface area contributed by atoms with Crippen molar-refractivity contribution in [3.05, 3.63) is 62.2 Å². The molecule has 1 aromatic carbocycles. The Morgan fingerprint density at radius 3 is 2.48 bits per heavy atom. The van der Waals surface area contributed by atoms with Gasteiger partial charge in [-0.05, 0) is 43.4 Å². The minimum Gasteiger partial charge on any atom is -0.403 e. The minimum absolute atomic E-state index is 0.198. The van der Waals surface area contributed by atoms with Gasteiger partial charge in [0, 0.05) is 5.56 Å². The number of aryl methyl sites for hydroxylation is 1. The molecule has 1 aliphatic carbocycles. The third-order valence-corrected chi connectivity index (χ3v) is 4.08. The van der Waals surface area contributed by atoms with Crippen LogP contribution in [0.15, 0.2) is 44.3 Å². The van der Waals surface area contributed by atoms with Gasteiger partial charge in [0.1, 0.15) is 5.39 Å². The van der Waals surface area contributed by atoms with Crippen molar-refractivity contribution in [2.75, 3.05) is 0 Å². The molecule has 0 saturated carbocycles. The summed E-state index contributed by atoms with van der Waals surface area (Å²) in [4.78, 5) is 24.5. The summed E-state index contributed by atoms with van der Waals surface area (Å²) in [6.45, 7) is 0. The fraction of sp³-hybridized carbons (Fsp3) is 0.250. The molecule has 0 saturated heterocycles. The molecule has 0 bridgehead atoms. The quantitative estimate of drug-likeness (QED) is 0.743. The van der Waals surface area contributed by atoms with Gasteiger partial charge >= 0.3 is 5.63 Å². The number of para-hydroxylation sites is 1. The molecule has 0 spiro atoms. The van der Waals surface area contributed by atoms with Crippen LogP contribution < -0.4 is 11.2 Å². The first-order valence-electron chi connectivity index (χ1n) is 7.11. The van der Waals surface area contributed by atoms with Gasteiger partial charge < -0.3 is 4.42 Å². The Kier molecular flexibility index (Phi) is 2.60. The first-order valence-corrected chi connectivity index (χ1v) is 7.11. The van der Waals surface area contributed by atoms with Gasteiger partial charge in [-0.1, -0.05) is 18.2 Å². The lowest BCUT2D eigenvalue weighted by molar-refractivity contribution is 0.514. The second kappa shape index (κ2) is 4.48. The molecular weight excluding hydrogens is 268 g/mol. The summed E-state index contributed by atoms with van der Waals surface area (Å²) in [6.07, 6.45) is 3.44. The number of aromatic nitrogens is 2. The van der Waals surface area contributed by atoms with Gasteiger partial charge in [-0.3, -0.25) is 9.89 Å². The van der Waals surface area contributed by atoms with E-state index >= 15 is 0 Å². The number of aromatic amines is 1. The van der Waals surface area contributed by atoms with Crippen LogP contribution in [0.1, 0.15) is 24.0 Å². The monoisotopic (exact) mass is 282 g/mol. The fourth-order valence-electron chi connectivity index (χ4n) is 3.09. The Balaban J connectivity index is 2.11. The van der Waals surface area contributed by atoms with Gasteiger partial charge in [0.15, 0.2) is 0 Å². The van der Waals surface area contributed by atoms with Crippen molar-refractivity contribution in [1.82, 2.24) is 9.78 Å². The molecule has 4 rings (SSSR count). The van der Waals surface area contributed by atoms with Gasteiger partial charge in [0.25, 0.3) is 5.56 Å². The van der Waals surface area contributed by atoms with Gasteiger partial charge in [-0.25, -0.2) is 9.48 Å². The van der Waals surface area contributed by atoms with Crippen LogP contribution in [0.2, 0.25) is 0 Å². The number of H-pyrrole nitrogens is 1. The maximum absolute atomic E-state index is 12.3. The molecule has 0 aliphatic heterocycles. The molecule has 21 heavy (non-hydrogen) atoms. The Bertz CT molecular complexity index is 932. The Morgan fingerprint density at radius 1 is 1.00 bits per heavy atom. The molecule has 106 valence electrons. The summed E-state index contributed by atoms with van der Waals surface area (Å²) in [5.74, 6) is 0. The van der Waals surface area contributed by atoms with Crippen LogP contribution in [0.25, 0.3) is 16.8 Å². The third-order valence-electron chi connectivity index (χ3n) is 4.08. The second-order valence-corrected chi connectivity index (χ2v) is 5.35. The van der Waals surface area contributed by atoms with E-state index in [9.17, 15) is 9.59 Å². The van der Waals surface area contributed by atoms with Crippen molar-refractivity contribution < 1.29 is 4.42 Å². The van der Waals surface area contributed by atoms with Crippen LogP contribution in [-0.2, 0) is 12.8 Å². The number of nitrogens with one attached hydrogen (secondary N) is 1. The van der Waals surface area contributed by atoms with Crippen LogP contribution in [0.5, 0.6) is 0 Å². The van der Waals surface area contributed by atoms with Crippen molar-refractivity contribution >= 4 is 11.1 Å². The van der Waals surface area contributed by atoms with E-state index in [-0.39, 0.29) is 11.2 Å². The normalized spacial score (nSPS) is 14.3. The largest absolute Gasteiger partial charge is 0.403 e. The van der Waals surface area contributed by atoms with Crippen molar-refractivity contribution in [2.45, 2.75) is 25.7 Å². The zero-order valence-electron chi connectivity index (χ0n) is 11.4. The smallest absolute Gasteiger partial charge is 0.341 e. The molecule has 0 atom stereocenters. The first-order chi connectivity index (χ1) is 10.3. The highest BCUT2D eigenvalue weighted by molar-refractivity contribution is 5.79. The van der Waals surface area contributed by atoms with Crippen LogP contribution in [0, 0.1) is 0 Å². The Hall–Kier alpha value is -2.56. The van der Waals surface area contributed by atoms with Crippen molar-refractivity contribution in [3.63, 3.8) is 0 Å². The lowest BCUT2D eigenvalue weighted by Crippen LogP contribution is -2.17. The summed E-state index contributed by atoms with van der Waals surface area (Å²) >= 11 is 0. The molecule has 2 aromatic heterocycles. The van der Waals surface area contributed by atoms with E-state index in [4.69, 9.17) is 4.42 Å². The molecule has 2 heterocycles. The molecule has 5 heteroatoms. The summed E-state index contributed by atoms with van der Waals surface area (Å²) in [5.41, 5.74) is 2.10. The predicted molar refractivity (Wildman–Crippen MR) is 79.1 cm³/mol. The maximum Gasteiger partial charge on any atom is 0.341 e. The fourth-order valence-corrected chi connectivity index (χ4v) is 3.09. The van der Waals surface area contributed by atoms with Crippen molar-refractivity contribution in [2.24, 2.45) is 0 Å². The molecule has 0 amide bonds. The van der Waals surface area contributed by atoms with Gasteiger partial charge in [-0.15, -0.1) is 0 Å². The molecule has 1 aliphatic rings. The van der Waals surface area contributed by atoms with Crippen molar-refractivity contribution in [3.8, 4) is 5.69 Å². The van der Waals surface area contributed by atoms with E-state index in [1.165, 1.54) is 0 Å². The van der Waals surface area contributed by atoms with E-state index in [0.29, 0.717) is 23.1 Å². The van der Waals surface area contributed by atoms with Crippen LogP contribution in [0.3, 0.4) is 0 Å². The zero-order valence-corrected chi connectivity index (χ0v) is 11.4. The third kappa shape index (κ3) is 1.77. The second-order valence-electron chi connectivity index (χ2n) is 5.35. The van der Waals surface area contributed by atoms with Crippen LogP contribution >= 0.6 is 0 Å². The average molecular weight is 282 g/mol. The summed E-state index contributed by atoms with van der Waals surface area (Å²) in [5, 5.41) is 3.30. The molecule has 0 radical (unpaired) electrons. The Morgan fingerprint density at radius 2 is 1.71 bits per heavy atom. The van der Waals surface area contributed by atoms with E-state index in [2.05, 4.69) is 5.10 Å². The predicted octanol–water partition coefficient (Wildman–Crippen LogP) is 2.15.